The summed E-state index contributed by atoms with van der Waals surface area (Å²) < 4.78 is 0. The standard InChI is InChI=1S/C12H16N4O3/c1-8-3-5-14-10(7-8)15-11(18)12(19)16(6-4-13)9(2)17/h3,5,7H,4,6,13H2,1-2H3,(H,14,15,18). The monoisotopic (exact) mass is 264 g/mol. The van der Waals surface area contributed by atoms with Crippen molar-refractivity contribution in [2.24, 2.45) is 5.73 Å². The number of hydrogen-bond acceptors (Lipinski definition) is 5. The van der Waals surface area contributed by atoms with Crippen LogP contribution in [-0.2, 0) is 14.4 Å². The molecule has 1 aromatic heterocycles. The number of carbonyl (C=O) groups excluding carboxylic acids is 3. The molecule has 102 valence electrons. The van der Waals surface area contributed by atoms with Crippen molar-refractivity contribution >= 4 is 23.5 Å². The highest BCUT2D eigenvalue weighted by molar-refractivity contribution is 6.41. The maximum absolute atomic E-state index is 11.8. The Labute approximate surface area is 110 Å². The molecule has 3 amide bonds. The van der Waals surface area contributed by atoms with Gasteiger partial charge in [-0.05, 0) is 24.6 Å². The maximum Gasteiger partial charge on any atom is 0.318 e. The first kappa shape index (κ1) is 14.8. The van der Waals surface area contributed by atoms with Crippen LogP contribution in [0.2, 0.25) is 0 Å². The number of nitrogens with zero attached hydrogens (tertiary/aromatic N) is 2. The van der Waals surface area contributed by atoms with Crippen molar-refractivity contribution in [1.82, 2.24) is 9.88 Å². The molecule has 0 bridgehead atoms. The molecule has 0 aliphatic carbocycles. The molecule has 0 aromatic carbocycles. The van der Waals surface area contributed by atoms with E-state index in [1.165, 1.54) is 13.1 Å². The zero-order chi connectivity index (χ0) is 14.4. The van der Waals surface area contributed by atoms with Gasteiger partial charge in [-0.3, -0.25) is 19.3 Å². The lowest BCUT2D eigenvalue weighted by molar-refractivity contribution is -0.149. The Morgan fingerprint density at radius 2 is 2.11 bits per heavy atom. The zero-order valence-corrected chi connectivity index (χ0v) is 10.8. The second-order valence-electron chi connectivity index (χ2n) is 3.94. The summed E-state index contributed by atoms with van der Waals surface area (Å²) in [6.07, 6.45) is 1.51. The van der Waals surface area contributed by atoms with Gasteiger partial charge in [0.25, 0.3) is 0 Å². The minimum absolute atomic E-state index is 0.00281. The van der Waals surface area contributed by atoms with Gasteiger partial charge in [-0.1, -0.05) is 0 Å². The van der Waals surface area contributed by atoms with E-state index in [0.717, 1.165) is 10.5 Å². The van der Waals surface area contributed by atoms with Crippen molar-refractivity contribution < 1.29 is 14.4 Å². The normalized spacial score (nSPS) is 9.84. The van der Waals surface area contributed by atoms with E-state index in [1.807, 2.05) is 6.92 Å². The molecule has 1 rings (SSSR count). The largest absolute Gasteiger partial charge is 0.329 e. The van der Waals surface area contributed by atoms with Gasteiger partial charge < -0.3 is 11.1 Å². The first-order valence-corrected chi connectivity index (χ1v) is 5.72. The summed E-state index contributed by atoms with van der Waals surface area (Å²) in [5, 5.41) is 2.34. The van der Waals surface area contributed by atoms with Crippen molar-refractivity contribution in [3.8, 4) is 0 Å². The van der Waals surface area contributed by atoms with Crippen LogP contribution in [-0.4, -0.2) is 40.7 Å². The second-order valence-corrected chi connectivity index (χ2v) is 3.94. The number of nitrogens with two attached hydrogens (primary N) is 1. The molecule has 1 aromatic rings. The second kappa shape index (κ2) is 6.60. The Morgan fingerprint density at radius 3 is 2.63 bits per heavy atom. The average molecular weight is 264 g/mol. The van der Waals surface area contributed by atoms with E-state index in [2.05, 4.69) is 10.3 Å². The van der Waals surface area contributed by atoms with E-state index in [9.17, 15) is 14.4 Å². The number of hydrogen-bond donors (Lipinski definition) is 2. The predicted molar refractivity (Wildman–Crippen MR) is 69.1 cm³/mol. The molecule has 0 unspecified atom stereocenters. The van der Waals surface area contributed by atoms with Crippen LogP contribution in [0.3, 0.4) is 0 Å². The van der Waals surface area contributed by atoms with E-state index in [-0.39, 0.29) is 18.9 Å². The third kappa shape index (κ3) is 4.14. The predicted octanol–water partition coefficient (Wildman–Crippen LogP) is -0.338. The first-order chi connectivity index (χ1) is 8.95. The smallest absolute Gasteiger partial charge is 0.318 e. The summed E-state index contributed by atoms with van der Waals surface area (Å²) in [7, 11) is 0. The minimum Gasteiger partial charge on any atom is -0.329 e. The third-order valence-corrected chi connectivity index (χ3v) is 2.33. The van der Waals surface area contributed by atoms with Crippen molar-refractivity contribution in [3.05, 3.63) is 23.9 Å². The fourth-order valence-electron chi connectivity index (χ4n) is 1.43. The molecule has 7 heteroatoms. The first-order valence-electron chi connectivity index (χ1n) is 5.72. The number of carbonyl (C=O) groups is 3. The lowest BCUT2D eigenvalue weighted by Gasteiger charge is -2.17. The summed E-state index contributed by atoms with van der Waals surface area (Å²) in [6, 6.07) is 3.37. The number of aryl methyl sites for hydroxylation is 1. The Morgan fingerprint density at radius 1 is 1.42 bits per heavy atom. The van der Waals surface area contributed by atoms with Crippen LogP contribution in [0.25, 0.3) is 0 Å². The van der Waals surface area contributed by atoms with Crippen LogP contribution in [0, 0.1) is 6.92 Å². The quantitative estimate of drug-likeness (QED) is 0.727. The third-order valence-electron chi connectivity index (χ3n) is 2.33. The van der Waals surface area contributed by atoms with E-state index < -0.39 is 17.7 Å². The molecule has 19 heavy (non-hydrogen) atoms. The molecule has 0 atom stereocenters. The van der Waals surface area contributed by atoms with Crippen molar-refractivity contribution in [1.29, 1.82) is 0 Å². The number of amides is 3. The Kier molecular flexibility index (Phi) is 5.13. The molecule has 1 heterocycles. The summed E-state index contributed by atoms with van der Waals surface area (Å²) >= 11 is 0. The number of nitrogens with one attached hydrogen (secondary N) is 1. The highest BCUT2D eigenvalue weighted by atomic mass is 16.2. The van der Waals surface area contributed by atoms with Gasteiger partial charge in [0.15, 0.2) is 0 Å². The van der Waals surface area contributed by atoms with Gasteiger partial charge >= 0.3 is 11.8 Å². The van der Waals surface area contributed by atoms with Crippen LogP contribution in [0.1, 0.15) is 12.5 Å². The van der Waals surface area contributed by atoms with Crippen molar-refractivity contribution in [3.63, 3.8) is 0 Å². The van der Waals surface area contributed by atoms with Crippen molar-refractivity contribution in [2.45, 2.75) is 13.8 Å². The zero-order valence-electron chi connectivity index (χ0n) is 10.8. The van der Waals surface area contributed by atoms with Gasteiger partial charge in [-0.2, -0.15) is 0 Å². The Hall–Kier alpha value is -2.28. The number of pyridine rings is 1. The van der Waals surface area contributed by atoms with E-state index in [0.29, 0.717) is 0 Å². The number of aromatic nitrogens is 1. The molecule has 7 nitrogen and oxygen atoms in total. The van der Waals surface area contributed by atoms with E-state index in [4.69, 9.17) is 5.73 Å². The lowest BCUT2D eigenvalue weighted by atomic mass is 10.3. The summed E-state index contributed by atoms with van der Waals surface area (Å²) in [4.78, 5) is 39.4. The van der Waals surface area contributed by atoms with Gasteiger partial charge in [-0.15, -0.1) is 0 Å². The minimum atomic E-state index is -0.943. The van der Waals surface area contributed by atoms with Gasteiger partial charge in [0.1, 0.15) is 5.82 Å². The van der Waals surface area contributed by atoms with E-state index >= 15 is 0 Å². The van der Waals surface area contributed by atoms with Crippen LogP contribution in [0.4, 0.5) is 5.82 Å². The fraction of sp³-hybridized carbons (Fsp3) is 0.333. The molecule has 0 aliphatic heterocycles. The average Bonchev–Trinajstić information content (AvgIpc) is 2.34. The molecule has 0 fully saturated rings. The number of anilines is 1. The highest BCUT2D eigenvalue weighted by Crippen LogP contribution is 2.05. The van der Waals surface area contributed by atoms with Gasteiger partial charge in [0.05, 0.1) is 0 Å². The molecule has 0 radical (unpaired) electrons. The number of imide groups is 1. The summed E-state index contributed by atoms with van der Waals surface area (Å²) in [5.41, 5.74) is 6.18. The lowest BCUT2D eigenvalue weighted by Crippen LogP contribution is -2.44. The molecule has 3 N–H and O–H groups in total. The Bertz CT molecular complexity index is 502. The molecule has 0 saturated carbocycles. The van der Waals surface area contributed by atoms with Gasteiger partial charge in [-0.25, -0.2) is 4.98 Å². The van der Waals surface area contributed by atoms with Crippen LogP contribution < -0.4 is 11.1 Å². The fourth-order valence-corrected chi connectivity index (χ4v) is 1.43. The SMILES string of the molecule is CC(=O)N(CCN)C(=O)C(=O)Nc1cc(C)ccn1. The van der Waals surface area contributed by atoms with Crippen LogP contribution in [0.5, 0.6) is 0 Å². The number of rotatable bonds is 3. The maximum atomic E-state index is 11.8. The van der Waals surface area contributed by atoms with E-state index in [1.54, 1.807) is 12.1 Å². The Balaban J connectivity index is 2.76. The van der Waals surface area contributed by atoms with Crippen LogP contribution >= 0.6 is 0 Å². The van der Waals surface area contributed by atoms with Crippen molar-refractivity contribution in [2.75, 3.05) is 18.4 Å². The van der Waals surface area contributed by atoms with Crippen LogP contribution in [0.15, 0.2) is 18.3 Å². The molecular weight excluding hydrogens is 248 g/mol. The molecule has 0 aliphatic rings. The highest BCUT2D eigenvalue weighted by Gasteiger charge is 2.24. The van der Waals surface area contributed by atoms with Gasteiger partial charge in [0, 0.05) is 26.2 Å². The summed E-state index contributed by atoms with van der Waals surface area (Å²) in [5.74, 6) is -2.12. The molecular formula is C12H16N4O3. The topological polar surface area (TPSA) is 105 Å². The summed E-state index contributed by atoms with van der Waals surface area (Å²) in [6.45, 7) is 3.13. The molecule has 0 saturated heterocycles. The molecule has 0 spiro atoms. The van der Waals surface area contributed by atoms with Gasteiger partial charge in [0.2, 0.25) is 5.91 Å².